The first-order valence-electron chi connectivity index (χ1n) is 7.49. The maximum atomic E-state index is 12.9. The SMILES string of the molecule is C[C@@H](NC(=O)N1CCCC1)c1cnn(-c2ccc(F)cc2)c1. The monoisotopic (exact) mass is 302 g/mol. The van der Waals surface area contributed by atoms with Gasteiger partial charge < -0.3 is 10.2 Å². The first-order valence-corrected chi connectivity index (χ1v) is 7.49. The summed E-state index contributed by atoms with van der Waals surface area (Å²) in [7, 11) is 0. The van der Waals surface area contributed by atoms with E-state index in [2.05, 4.69) is 10.4 Å². The summed E-state index contributed by atoms with van der Waals surface area (Å²) in [4.78, 5) is 13.9. The van der Waals surface area contributed by atoms with Gasteiger partial charge in [-0.1, -0.05) is 0 Å². The molecule has 0 bridgehead atoms. The largest absolute Gasteiger partial charge is 0.331 e. The van der Waals surface area contributed by atoms with Crippen molar-refractivity contribution in [3.8, 4) is 5.69 Å². The quantitative estimate of drug-likeness (QED) is 0.948. The summed E-state index contributed by atoms with van der Waals surface area (Å²) in [5.74, 6) is -0.276. The van der Waals surface area contributed by atoms with Crippen LogP contribution in [0.5, 0.6) is 0 Å². The van der Waals surface area contributed by atoms with E-state index in [4.69, 9.17) is 0 Å². The number of likely N-dealkylation sites (tertiary alicyclic amines) is 1. The van der Waals surface area contributed by atoms with Crippen molar-refractivity contribution in [3.63, 3.8) is 0 Å². The lowest BCUT2D eigenvalue weighted by atomic mass is 10.2. The number of rotatable bonds is 3. The Hall–Kier alpha value is -2.37. The van der Waals surface area contributed by atoms with Crippen molar-refractivity contribution in [1.29, 1.82) is 0 Å². The second-order valence-corrected chi connectivity index (χ2v) is 5.56. The van der Waals surface area contributed by atoms with Crippen LogP contribution in [0.2, 0.25) is 0 Å². The number of hydrogen-bond acceptors (Lipinski definition) is 2. The van der Waals surface area contributed by atoms with Crippen LogP contribution in [-0.4, -0.2) is 33.8 Å². The van der Waals surface area contributed by atoms with E-state index in [9.17, 15) is 9.18 Å². The Kier molecular flexibility index (Phi) is 4.09. The standard InChI is InChI=1S/C16H19FN4O/c1-12(19-16(22)20-8-2-3-9-20)13-10-18-21(11-13)15-6-4-14(17)5-7-15/h4-7,10-12H,2-3,8-9H2,1H3,(H,19,22)/t12-/m1/s1. The number of benzene rings is 1. The molecule has 0 spiro atoms. The summed E-state index contributed by atoms with van der Waals surface area (Å²) in [6.45, 7) is 3.58. The van der Waals surface area contributed by atoms with Crippen molar-refractivity contribution in [2.75, 3.05) is 13.1 Å². The van der Waals surface area contributed by atoms with Crippen LogP contribution in [0.3, 0.4) is 0 Å². The van der Waals surface area contributed by atoms with Crippen LogP contribution in [0.15, 0.2) is 36.7 Å². The second-order valence-electron chi connectivity index (χ2n) is 5.56. The number of carbonyl (C=O) groups is 1. The Balaban J connectivity index is 1.67. The summed E-state index contributed by atoms with van der Waals surface area (Å²) in [5.41, 5.74) is 1.70. The van der Waals surface area contributed by atoms with Crippen LogP contribution in [0.25, 0.3) is 5.69 Å². The van der Waals surface area contributed by atoms with Gasteiger partial charge in [-0.15, -0.1) is 0 Å². The Morgan fingerprint density at radius 3 is 2.64 bits per heavy atom. The molecule has 2 heterocycles. The fourth-order valence-electron chi connectivity index (χ4n) is 2.58. The zero-order valence-corrected chi connectivity index (χ0v) is 12.5. The van der Waals surface area contributed by atoms with Gasteiger partial charge in [0.05, 0.1) is 17.9 Å². The molecule has 3 rings (SSSR count). The van der Waals surface area contributed by atoms with Crippen LogP contribution in [0.1, 0.15) is 31.4 Å². The predicted molar refractivity (Wildman–Crippen MR) is 81.3 cm³/mol. The summed E-state index contributed by atoms with van der Waals surface area (Å²) < 4.78 is 14.6. The first-order chi connectivity index (χ1) is 10.6. The van der Waals surface area contributed by atoms with Gasteiger partial charge in [0.1, 0.15) is 5.82 Å². The third-order valence-electron chi connectivity index (χ3n) is 3.93. The number of halogens is 1. The molecule has 1 fully saturated rings. The van der Waals surface area contributed by atoms with Crippen molar-refractivity contribution in [3.05, 3.63) is 48.0 Å². The molecular formula is C16H19FN4O. The highest BCUT2D eigenvalue weighted by Gasteiger charge is 2.20. The van der Waals surface area contributed by atoms with Crippen LogP contribution in [0.4, 0.5) is 9.18 Å². The Labute approximate surface area is 128 Å². The minimum absolute atomic E-state index is 0.0282. The van der Waals surface area contributed by atoms with Gasteiger partial charge in [0.25, 0.3) is 0 Å². The van der Waals surface area contributed by atoms with Crippen molar-refractivity contribution in [1.82, 2.24) is 20.0 Å². The fourth-order valence-corrected chi connectivity index (χ4v) is 2.58. The molecule has 2 aromatic rings. The highest BCUT2D eigenvalue weighted by Crippen LogP contribution is 2.16. The summed E-state index contributed by atoms with van der Waals surface area (Å²) in [6.07, 6.45) is 5.72. The molecular weight excluding hydrogens is 283 g/mol. The molecule has 0 aliphatic carbocycles. The molecule has 116 valence electrons. The van der Waals surface area contributed by atoms with E-state index in [0.29, 0.717) is 0 Å². The molecule has 22 heavy (non-hydrogen) atoms. The lowest BCUT2D eigenvalue weighted by molar-refractivity contribution is 0.205. The predicted octanol–water partition coefficient (Wildman–Crippen LogP) is 2.88. The molecule has 2 amide bonds. The topological polar surface area (TPSA) is 50.2 Å². The summed E-state index contributed by atoms with van der Waals surface area (Å²) in [6, 6.07) is 5.98. The molecule has 0 unspecified atom stereocenters. The zero-order valence-electron chi connectivity index (χ0n) is 12.5. The molecule has 1 atom stereocenters. The number of hydrogen-bond donors (Lipinski definition) is 1. The van der Waals surface area contributed by atoms with Crippen molar-refractivity contribution < 1.29 is 9.18 Å². The third-order valence-corrected chi connectivity index (χ3v) is 3.93. The zero-order chi connectivity index (χ0) is 15.5. The van der Waals surface area contributed by atoms with E-state index in [-0.39, 0.29) is 17.9 Å². The van der Waals surface area contributed by atoms with Crippen molar-refractivity contribution in [2.24, 2.45) is 0 Å². The maximum Gasteiger partial charge on any atom is 0.317 e. The number of nitrogens with one attached hydrogen (secondary N) is 1. The maximum absolute atomic E-state index is 12.9. The van der Waals surface area contributed by atoms with Crippen molar-refractivity contribution in [2.45, 2.75) is 25.8 Å². The third kappa shape index (κ3) is 3.10. The molecule has 0 radical (unpaired) electrons. The highest BCUT2D eigenvalue weighted by molar-refractivity contribution is 5.74. The number of aromatic nitrogens is 2. The fraction of sp³-hybridized carbons (Fsp3) is 0.375. The Morgan fingerprint density at radius 2 is 1.95 bits per heavy atom. The van der Waals surface area contributed by atoms with Gasteiger partial charge in [-0.3, -0.25) is 0 Å². The van der Waals surface area contributed by atoms with Crippen molar-refractivity contribution >= 4 is 6.03 Å². The van der Waals surface area contributed by atoms with E-state index in [1.165, 1.54) is 12.1 Å². The van der Waals surface area contributed by atoms with Crippen LogP contribution >= 0.6 is 0 Å². The smallest absolute Gasteiger partial charge is 0.317 e. The van der Waals surface area contributed by atoms with E-state index in [1.807, 2.05) is 18.0 Å². The molecule has 1 N–H and O–H groups in total. The van der Waals surface area contributed by atoms with E-state index >= 15 is 0 Å². The van der Waals surface area contributed by atoms with E-state index in [0.717, 1.165) is 37.2 Å². The van der Waals surface area contributed by atoms with Gasteiger partial charge in [-0.2, -0.15) is 5.10 Å². The van der Waals surface area contributed by atoms with E-state index in [1.54, 1.807) is 23.0 Å². The molecule has 1 aromatic heterocycles. The van der Waals surface area contributed by atoms with Gasteiger partial charge in [-0.05, 0) is 44.0 Å². The number of amides is 2. The van der Waals surface area contributed by atoms with Gasteiger partial charge in [0.2, 0.25) is 0 Å². The number of urea groups is 1. The average molecular weight is 302 g/mol. The van der Waals surface area contributed by atoms with Crippen LogP contribution in [-0.2, 0) is 0 Å². The van der Waals surface area contributed by atoms with Gasteiger partial charge in [0, 0.05) is 24.8 Å². The summed E-state index contributed by atoms with van der Waals surface area (Å²) >= 11 is 0. The highest BCUT2D eigenvalue weighted by atomic mass is 19.1. The minimum atomic E-state index is -0.276. The summed E-state index contributed by atoms with van der Waals surface area (Å²) in [5, 5.41) is 7.26. The first kappa shape index (κ1) is 14.6. The molecule has 0 saturated carbocycles. The Morgan fingerprint density at radius 1 is 1.27 bits per heavy atom. The van der Waals surface area contributed by atoms with E-state index < -0.39 is 0 Å². The normalized spacial score (nSPS) is 15.8. The average Bonchev–Trinajstić information content (AvgIpc) is 3.20. The molecule has 1 aliphatic heterocycles. The van der Waals surface area contributed by atoms with Crippen LogP contribution < -0.4 is 5.32 Å². The Bertz CT molecular complexity index is 646. The molecule has 1 aliphatic rings. The molecule has 1 saturated heterocycles. The second kappa shape index (κ2) is 6.17. The lowest BCUT2D eigenvalue weighted by Crippen LogP contribution is -2.39. The number of carbonyl (C=O) groups excluding carboxylic acids is 1. The van der Waals surface area contributed by atoms with Gasteiger partial charge in [-0.25, -0.2) is 13.9 Å². The van der Waals surface area contributed by atoms with Gasteiger partial charge in [0.15, 0.2) is 0 Å². The molecule has 6 heteroatoms. The minimum Gasteiger partial charge on any atom is -0.331 e. The van der Waals surface area contributed by atoms with Gasteiger partial charge >= 0.3 is 6.03 Å². The number of nitrogens with zero attached hydrogens (tertiary/aromatic N) is 3. The molecule has 1 aromatic carbocycles. The lowest BCUT2D eigenvalue weighted by Gasteiger charge is -2.19. The van der Waals surface area contributed by atoms with Crippen LogP contribution in [0, 0.1) is 5.82 Å². The molecule has 5 nitrogen and oxygen atoms in total.